The first-order valence-electron chi connectivity index (χ1n) is 8.52. The third-order valence-electron chi connectivity index (χ3n) is 4.08. The molecular weight excluding hydrogens is 308 g/mol. The molecule has 3 aromatic carbocycles. The van der Waals surface area contributed by atoms with E-state index in [-0.39, 0.29) is 0 Å². The molecule has 0 amide bonds. The Morgan fingerprint density at radius 2 is 0.880 bits per heavy atom. The minimum atomic E-state index is 0.812. The third kappa shape index (κ3) is 4.21. The van der Waals surface area contributed by atoms with Gasteiger partial charge in [0.15, 0.2) is 0 Å². The van der Waals surface area contributed by atoms with Crippen molar-refractivity contribution in [2.75, 3.05) is 0 Å². The molecule has 0 N–H and O–H groups in total. The molecule has 2 heteroatoms. The summed E-state index contributed by atoms with van der Waals surface area (Å²) >= 11 is 0. The SMILES string of the molecule is Cc1cc(C)cc(Oc2cccc(Oc3cc(C)cc(C)c3)c2C)c1. The van der Waals surface area contributed by atoms with Crippen molar-refractivity contribution in [1.82, 2.24) is 0 Å². The van der Waals surface area contributed by atoms with Gasteiger partial charge in [-0.05, 0) is 93.3 Å². The van der Waals surface area contributed by atoms with Gasteiger partial charge in [0.25, 0.3) is 0 Å². The predicted molar refractivity (Wildman–Crippen MR) is 103 cm³/mol. The summed E-state index contributed by atoms with van der Waals surface area (Å²) in [5.74, 6) is 3.33. The van der Waals surface area contributed by atoms with E-state index < -0.39 is 0 Å². The first kappa shape index (κ1) is 17.1. The van der Waals surface area contributed by atoms with Crippen molar-refractivity contribution in [2.24, 2.45) is 0 Å². The number of aryl methyl sites for hydroxylation is 4. The minimum absolute atomic E-state index is 0.812. The van der Waals surface area contributed by atoms with Crippen LogP contribution in [0.5, 0.6) is 23.0 Å². The van der Waals surface area contributed by atoms with Crippen LogP contribution in [0.1, 0.15) is 27.8 Å². The number of rotatable bonds is 4. The Hall–Kier alpha value is -2.74. The van der Waals surface area contributed by atoms with Crippen molar-refractivity contribution in [3.05, 3.63) is 82.4 Å². The van der Waals surface area contributed by atoms with Crippen LogP contribution < -0.4 is 9.47 Å². The van der Waals surface area contributed by atoms with Crippen molar-refractivity contribution in [3.63, 3.8) is 0 Å². The van der Waals surface area contributed by atoms with Crippen LogP contribution in [-0.4, -0.2) is 0 Å². The molecule has 0 aromatic heterocycles. The summed E-state index contributed by atoms with van der Waals surface area (Å²) in [6.45, 7) is 10.3. The molecule has 25 heavy (non-hydrogen) atoms. The van der Waals surface area contributed by atoms with Crippen molar-refractivity contribution in [3.8, 4) is 23.0 Å². The summed E-state index contributed by atoms with van der Waals surface area (Å²) in [5.41, 5.74) is 5.75. The van der Waals surface area contributed by atoms with E-state index in [0.29, 0.717) is 0 Å². The maximum absolute atomic E-state index is 6.12. The van der Waals surface area contributed by atoms with Gasteiger partial charge in [-0.2, -0.15) is 0 Å². The van der Waals surface area contributed by atoms with E-state index in [9.17, 15) is 0 Å². The molecule has 0 heterocycles. The lowest BCUT2D eigenvalue weighted by Crippen LogP contribution is -1.93. The summed E-state index contributed by atoms with van der Waals surface area (Å²) in [4.78, 5) is 0. The van der Waals surface area contributed by atoms with Gasteiger partial charge in [0.1, 0.15) is 23.0 Å². The molecule has 0 saturated heterocycles. The van der Waals surface area contributed by atoms with Crippen LogP contribution in [0.25, 0.3) is 0 Å². The van der Waals surface area contributed by atoms with Gasteiger partial charge in [-0.1, -0.05) is 18.2 Å². The average Bonchev–Trinajstić information content (AvgIpc) is 2.49. The summed E-state index contributed by atoms with van der Waals surface area (Å²) in [6.07, 6.45) is 0. The smallest absolute Gasteiger partial charge is 0.134 e. The molecule has 0 aliphatic rings. The van der Waals surface area contributed by atoms with E-state index in [1.807, 2.05) is 49.4 Å². The zero-order valence-electron chi connectivity index (χ0n) is 15.5. The Labute approximate surface area is 150 Å². The van der Waals surface area contributed by atoms with E-state index in [1.54, 1.807) is 0 Å². The summed E-state index contributed by atoms with van der Waals surface area (Å²) in [6, 6.07) is 18.4. The van der Waals surface area contributed by atoms with Gasteiger partial charge >= 0.3 is 0 Å². The van der Waals surface area contributed by atoms with Crippen LogP contribution in [0.4, 0.5) is 0 Å². The highest BCUT2D eigenvalue weighted by atomic mass is 16.5. The van der Waals surface area contributed by atoms with Crippen LogP contribution in [0.15, 0.2) is 54.6 Å². The Morgan fingerprint density at radius 1 is 0.520 bits per heavy atom. The topological polar surface area (TPSA) is 18.5 Å². The van der Waals surface area contributed by atoms with Gasteiger partial charge in [-0.25, -0.2) is 0 Å². The highest BCUT2D eigenvalue weighted by Crippen LogP contribution is 2.34. The zero-order chi connectivity index (χ0) is 18.0. The van der Waals surface area contributed by atoms with Crippen LogP contribution in [-0.2, 0) is 0 Å². The maximum Gasteiger partial charge on any atom is 0.134 e. The normalized spacial score (nSPS) is 10.6. The van der Waals surface area contributed by atoms with Crippen molar-refractivity contribution < 1.29 is 9.47 Å². The van der Waals surface area contributed by atoms with Crippen molar-refractivity contribution in [2.45, 2.75) is 34.6 Å². The minimum Gasteiger partial charge on any atom is -0.457 e. The van der Waals surface area contributed by atoms with Gasteiger partial charge in [-0.15, -0.1) is 0 Å². The average molecular weight is 332 g/mol. The number of benzene rings is 3. The molecule has 0 spiro atoms. The fourth-order valence-corrected chi connectivity index (χ4v) is 3.05. The third-order valence-corrected chi connectivity index (χ3v) is 4.08. The standard InChI is InChI=1S/C23H24O2/c1-15-9-16(2)12-20(11-15)24-22-7-6-8-23(19(22)5)25-21-13-17(3)10-18(4)14-21/h6-14H,1-5H3. The molecule has 0 aliphatic carbocycles. The van der Waals surface area contributed by atoms with Crippen LogP contribution in [0.3, 0.4) is 0 Å². The molecule has 2 nitrogen and oxygen atoms in total. The van der Waals surface area contributed by atoms with Gasteiger partial charge in [0.2, 0.25) is 0 Å². The molecule has 0 fully saturated rings. The molecule has 0 atom stereocenters. The summed E-state index contributed by atoms with van der Waals surface area (Å²) in [5, 5.41) is 0. The van der Waals surface area contributed by atoms with Crippen molar-refractivity contribution >= 4 is 0 Å². The molecule has 3 rings (SSSR count). The summed E-state index contributed by atoms with van der Waals surface area (Å²) < 4.78 is 12.2. The van der Waals surface area contributed by atoms with Crippen LogP contribution in [0.2, 0.25) is 0 Å². The van der Waals surface area contributed by atoms with E-state index in [0.717, 1.165) is 28.6 Å². The second-order valence-corrected chi connectivity index (χ2v) is 6.73. The fraction of sp³-hybridized carbons (Fsp3) is 0.217. The van der Waals surface area contributed by atoms with Gasteiger partial charge in [0, 0.05) is 5.56 Å². The Bertz CT molecular complexity index is 798. The fourth-order valence-electron chi connectivity index (χ4n) is 3.05. The van der Waals surface area contributed by atoms with Crippen LogP contribution >= 0.6 is 0 Å². The molecule has 0 aliphatic heterocycles. The highest BCUT2D eigenvalue weighted by molar-refractivity contribution is 5.48. The molecule has 0 radical (unpaired) electrons. The largest absolute Gasteiger partial charge is 0.457 e. The van der Waals surface area contributed by atoms with Gasteiger partial charge in [-0.3, -0.25) is 0 Å². The summed E-state index contributed by atoms with van der Waals surface area (Å²) in [7, 11) is 0. The Kier molecular flexibility index (Phi) is 4.80. The highest BCUT2D eigenvalue weighted by Gasteiger charge is 2.09. The van der Waals surface area contributed by atoms with E-state index >= 15 is 0 Å². The molecule has 128 valence electrons. The molecule has 0 bridgehead atoms. The van der Waals surface area contributed by atoms with Gasteiger partial charge in [0.05, 0.1) is 0 Å². The lowest BCUT2D eigenvalue weighted by atomic mass is 10.1. The molecule has 0 saturated carbocycles. The lowest BCUT2D eigenvalue weighted by molar-refractivity contribution is 0.453. The molecule has 0 unspecified atom stereocenters. The lowest BCUT2D eigenvalue weighted by Gasteiger charge is -2.14. The first-order chi connectivity index (χ1) is 11.9. The molecule has 3 aromatic rings. The maximum atomic E-state index is 6.12. The van der Waals surface area contributed by atoms with Crippen LogP contribution in [0, 0.1) is 34.6 Å². The quantitative estimate of drug-likeness (QED) is 0.522. The predicted octanol–water partition coefficient (Wildman–Crippen LogP) is 6.81. The van der Waals surface area contributed by atoms with E-state index in [4.69, 9.17) is 9.47 Å². The van der Waals surface area contributed by atoms with E-state index in [1.165, 1.54) is 22.3 Å². The van der Waals surface area contributed by atoms with Crippen molar-refractivity contribution in [1.29, 1.82) is 0 Å². The number of hydrogen-bond donors (Lipinski definition) is 0. The number of hydrogen-bond acceptors (Lipinski definition) is 2. The zero-order valence-corrected chi connectivity index (χ0v) is 15.5. The van der Waals surface area contributed by atoms with E-state index in [2.05, 4.69) is 39.8 Å². The second kappa shape index (κ2) is 7.02. The van der Waals surface area contributed by atoms with Gasteiger partial charge < -0.3 is 9.47 Å². The molecular formula is C23H24O2. The second-order valence-electron chi connectivity index (χ2n) is 6.73. The Morgan fingerprint density at radius 3 is 1.24 bits per heavy atom. The monoisotopic (exact) mass is 332 g/mol. The first-order valence-corrected chi connectivity index (χ1v) is 8.52. The number of ether oxygens (including phenoxy) is 2. The Balaban J connectivity index is 1.89.